The van der Waals surface area contributed by atoms with Gasteiger partial charge in [-0.3, -0.25) is 9.59 Å². The number of fused-ring (bicyclic) bond motifs is 5. The van der Waals surface area contributed by atoms with Crippen LogP contribution in [0.1, 0.15) is 106 Å². The van der Waals surface area contributed by atoms with Gasteiger partial charge in [-0.1, -0.05) is 38.8 Å². The number of ketones is 1. The molecular weight excluding hydrogens is 440 g/mol. The number of esters is 2. The molecular formula is C30H46O5. The van der Waals surface area contributed by atoms with E-state index < -0.39 is 0 Å². The molecule has 4 aliphatic carbocycles. The number of rotatable bonds is 7. The Morgan fingerprint density at radius 2 is 1.74 bits per heavy atom. The smallest absolute Gasteiger partial charge is 0.302 e. The van der Waals surface area contributed by atoms with Crippen LogP contribution in [0.3, 0.4) is 0 Å². The van der Waals surface area contributed by atoms with Crippen LogP contribution in [0.4, 0.5) is 0 Å². The standard InChI is InChI=1S/C30H46O5/c1-18(8-7-9-19(2)31)25-12-13-26-24-11-10-22-16-23(34-20(3)32)17-28(35-21(4)33)30(22,6)27(24)14-15-29(25,26)5/h10,18,23-28H,7-9,11-17H2,1-6H3/t18-,23-,24+,25-,26+,27+,28+,29-,30+/m1/s1. The summed E-state index contributed by atoms with van der Waals surface area (Å²) >= 11 is 0. The van der Waals surface area contributed by atoms with E-state index in [1.165, 1.54) is 38.7 Å². The number of hydrogen-bond donors (Lipinski definition) is 0. The summed E-state index contributed by atoms with van der Waals surface area (Å²) in [6.45, 7) is 11.9. The summed E-state index contributed by atoms with van der Waals surface area (Å²) in [5, 5.41) is 0. The van der Waals surface area contributed by atoms with Gasteiger partial charge < -0.3 is 14.3 Å². The van der Waals surface area contributed by atoms with Crippen molar-refractivity contribution < 1.29 is 23.9 Å². The van der Waals surface area contributed by atoms with Gasteiger partial charge in [-0.15, -0.1) is 0 Å². The molecule has 0 radical (unpaired) electrons. The van der Waals surface area contributed by atoms with Crippen molar-refractivity contribution in [1.29, 1.82) is 0 Å². The van der Waals surface area contributed by atoms with Gasteiger partial charge in [0, 0.05) is 38.5 Å². The lowest BCUT2D eigenvalue weighted by atomic mass is 9.46. The highest BCUT2D eigenvalue weighted by molar-refractivity contribution is 5.75. The van der Waals surface area contributed by atoms with Crippen LogP contribution in [0.25, 0.3) is 0 Å². The third-order valence-electron chi connectivity index (χ3n) is 10.7. The maximum atomic E-state index is 12.1. The van der Waals surface area contributed by atoms with Crippen LogP contribution in [0, 0.1) is 40.4 Å². The molecule has 0 aromatic heterocycles. The van der Waals surface area contributed by atoms with Gasteiger partial charge in [0.05, 0.1) is 0 Å². The Bertz CT molecular complexity index is 876. The second kappa shape index (κ2) is 10.0. The van der Waals surface area contributed by atoms with E-state index in [1.807, 2.05) is 0 Å². The van der Waals surface area contributed by atoms with E-state index >= 15 is 0 Å². The summed E-state index contributed by atoms with van der Waals surface area (Å²) in [5.41, 5.74) is 1.50. The lowest BCUT2D eigenvalue weighted by Crippen LogP contribution is -2.57. The molecule has 0 unspecified atom stereocenters. The van der Waals surface area contributed by atoms with Gasteiger partial charge in [0.1, 0.15) is 18.0 Å². The molecule has 9 atom stereocenters. The van der Waals surface area contributed by atoms with E-state index in [4.69, 9.17) is 9.47 Å². The second-order valence-electron chi connectivity index (χ2n) is 12.7. The highest BCUT2D eigenvalue weighted by Crippen LogP contribution is 2.67. The van der Waals surface area contributed by atoms with Crippen molar-refractivity contribution in [3.05, 3.63) is 11.6 Å². The van der Waals surface area contributed by atoms with E-state index in [0.717, 1.165) is 38.0 Å². The molecule has 5 heteroatoms. The molecule has 0 amide bonds. The number of ether oxygens (including phenoxy) is 2. The molecule has 35 heavy (non-hydrogen) atoms. The third kappa shape index (κ3) is 4.85. The van der Waals surface area contributed by atoms with Gasteiger partial charge >= 0.3 is 11.9 Å². The molecule has 0 aromatic carbocycles. The number of allylic oxidation sites excluding steroid dienone is 1. The highest BCUT2D eigenvalue weighted by Gasteiger charge is 2.62. The predicted octanol–water partition coefficient (Wildman–Crippen LogP) is 6.43. The minimum absolute atomic E-state index is 0.183. The van der Waals surface area contributed by atoms with Crippen molar-refractivity contribution in [2.24, 2.45) is 40.4 Å². The third-order valence-corrected chi connectivity index (χ3v) is 10.7. The lowest BCUT2D eigenvalue weighted by Gasteiger charge is -2.60. The maximum absolute atomic E-state index is 12.1. The Balaban J connectivity index is 1.56. The summed E-state index contributed by atoms with van der Waals surface area (Å²) in [7, 11) is 0. The molecule has 4 aliphatic rings. The minimum Gasteiger partial charge on any atom is -0.462 e. The quantitative estimate of drug-likeness (QED) is 0.306. The monoisotopic (exact) mass is 486 g/mol. The molecule has 0 heterocycles. The Kier molecular flexibility index (Phi) is 7.56. The number of Topliss-reactive ketones (excluding diaryl/α,β-unsaturated/α-hetero) is 1. The highest BCUT2D eigenvalue weighted by atomic mass is 16.6. The van der Waals surface area contributed by atoms with Crippen molar-refractivity contribution in [3.63, 3.8) is 0 Å². The van der Waals surface area contributed by atoms with E-state index in [2.05, 4.69) is 26.8 Å². The Morgan fingerprint density at radius 3 is 2.40 bits per heavy atom. The Morgan fingerprint density at radius 1 is 1.03 bits per heavy atom. The SMILES string of the molecule is CC(=O)CCC[C@@H](C)[C@H]1CC[C@H]2[C@@H]3CC=C4C[C@@H](OC(C)=O)C[C@H](OC(C)=O)[C@]4(C)[C@H]3CC[C@]12C. The first-order chi connectivity index (χ1) is 16.5. The molecule has 3 fully saturated rings. The first-order valence-corrected chi connectivity index (χ1v) is 14.0. The summed E-state index contributed by atoms with van der Waals surface area (Å²) in [4.78, 5) is 35.3. The van der Waals surface area contributed by atoms with Crippen LogP contribution in [0.15, 0.2) is 11.6 Å². The Hall–Kier alpha value is -1.65. The zero-order valence-corrected chi connectivity index (χ0v) is 22.7. The Labute approximate surface area is 211 Å². The van der Waals surface area contributed by atoms with E-state index in [-0.39, 0.29) is 29.6 Å². The summed E-state index contributed by atoms with van der Waals surface area (Å²) in [6, 6.07) is 0. The van der Waals surface area contributed by atoms with E-state index in [9.17, 15) is 14.4 Å². The molecule has 4 rings (SSSR count). The zero-order chi connectivity index (χ0) is 25.5. The van der Waals surface area contributed by atoms with Crippen LogP contribution in [0.2, 0.25) is 0 Å². The normalized spacial score (nSPS) is 41.0. The number of carbonyl (C=O) groups is 3. The van der Waals surface area contributed by atoms with Crippen LogP contribution in [-0.4, -0.2) is 29.9 Å². The summed E-state index contributed by atoms with van der Waals surface area (Å²) in [6.07, 6.45) is 12.2. The molecule has 0 bridgehead atoms. The summed E-state index contributed by atoms with van der Waals surface area (Å²) in [5.74, 6) is 2.97. The van der Waals surface area contributed by atoms with Crippen molar-refractivity contribution >= 4 is 17.7 Å². The number of carbonyl (C=O) groups excluding carboxylic acids is 3. The van der Waals surface area contributed by atoms with Crippen LogP contribution >= 0.6 is 0 Å². The molecule has 0 saturated heterocycles. The average molecular weight is 487 g/mol. The van der Waals surface area contributed by atoms with Crippen LogP contribution < -0.4 is 0 Å². The largest absolute Gasteiger partial charge is 0.462 e. The first-order valence-electron chi connectivity index (χ1n) is 14.0. The van der Waals surface area contributed by atoms with Gasteiger partial charge in [-0.05, 0) is 80.5 Å². The van der Waals surface area contributed by atoms with Gasteiger partial charge in [-0.2, -0.15) is 0 Å². The molecule has 0 spiro atoms. The van der Waals surface area contributed by atoms with Gasteiger partial charge in [-0.25, -0.2) is 0 Å². The summed E-state index contributed by atoms with van der Waals surface area (Å²) < 4.78 is 11.6. The van der Waals surface area contributed by atoms with Crippen molar-refractivity contribution in [2.45, 2.75) is 118 Å². The fourth-order valence-electron chi connectivity index (χ4n) is 9.20. The zero-order valence-electron chi connectivity index (χ0n) is 22.7. The van der Waals surface area contributed by atoms with Crippen molar-refractivity contribution in [1.82, 2.24) is 0 Å². The topological polar surface area (TPSA) is 69.7 Å². The van der Waals surface area contributed by atoms with Crippen LogP contribution in [0.5, 0.6) is 0 Å². The van der Waals surface area contributed by atoms with E-state index in [1.54, 1.807) is 6.92 Å². The van der Waals surface area contributed by atoms with E-state index in [0.29, 0.717) is 47.7 Å². The fourth-order valence-corrected chi connectivity index (χ4v) is 9.20. The van der Waals surface area contributed by atoms with Gasteiger partial charge in [0.25, 0.3) is 0 Å². The molecule has 0 N–H and O–H groups in total. The van der Waals surface area contributed by atoms with Gasteiger partial charge in [0.2, 0.25) is 0 Å². The first kappa shape index (κ1) is 26.4. The molecule has 5 nitrogen and oxygen atoms in total. The molecule has 0 aliphatic heterocycles. The van der Waals surface area contributed by atoms with Crippen LogP contribution in [-0.2, 0) is 23.9 Å². The van der Waals surface area contributed by atoms with Crippen molar-refractivity contribution in [2.75, 3.05) is 0 Å². The molecule has 196 valence electrons. The lowest BCUT2D eigenvalue weighted by molar-refractivity contribution is -0.172. The minimum atomic E-state index is -0.266. The fraction of sp³-hybridized carbons (Fsp3) is 0.833. The van der Waals surface area contributed by atoms with Gasteiger partial charge in [0.15, 0.2) is 0 Å². The average Bonchev–Trinajstić information content (AvgIpc) is 3.11. The van der Waals surface area contributed by atoms with Crippen molar-refractivity contribution in [3.8, 4) is 0 Å². The second-order valence-corrected chi connectivity index (χ2v) is 12.7. The molecule has 3 saturated carbocycles. The maximum Gasteiger partial charge on any atom is 0.302 e. The molecule has 0 aromatic rings. The number of hydrogen-bond acceptors (Lipinski definition) is 5. The predicted molar refractivity (Wildman–Crippen MR) is 135 cm³/mol.